The third-order valence-electron chi connectivity index (χ3n) is 5.43. The molecule has 0 saturated carbocycles. The van der Waals surface area contributed by atoms with Gasteiger partial charge in [-0.05, 0) is 41.5 Å². The van der Waals surface area contributed by atoms with Gasteiger partial charge in [-0.3, -0.25) is 0 Å². The summed E-state index contributed by atoms with van der Waals surface area (Å²) in [6.07, 6.45) is 1.56. The lowest BCUT2D eigenvalue weighted by Gasteiger charge is -2.32. The van der Waals surface area contributed by atoms with Crippen LogP contribution in [0.3, 0.4) is 0 Å². The van der Waals surface area contributed by atoms with Crippen molar-refractivity contribution in [1.82, 2.24) is 15.0 Å². The lowest BCUT2D eigenvalue weighted by molar-refractivity contribution is 0.0612. The number of nitrogens with one attached hydrogen (secondary N) is 1. The fraction of sp³-hybridized carbons (Fsp3) is 0.409. The van der Waals surface area contributed by atoms with Crippen molar-refractivity contribution in [3.63, 3.8) is 0 Å². The highest BCUT2D eigenvalue weighted by molar-refractivity contribution is 5.92. The van der Waals surface area contributed by atoms with E-state index < -0.39 is 12.3 Å². The minimum Gasteiger partial charge on any atom is -0.496 e. The van der Waals surface area contributed by atoms with Crippen molar-refractivity contribution in [2.75, 3.05) is 30.4 Å². The maximum Gasteiger partial charge on any atom is 0.227 e. The second kappa shape index (κ2) is 8.39. The molecule has 30 heavy (non-hydrogen) atoms. The smallest absolute Gasteiger partial charge is 0.227 e. The molecule has 0 radical (unpaired) electrons. The average molecular weight is 411 g/mol. The fourth-order valence-electron chi connectivity index (χ4n) is 3.76. The van der Waals surface area contributed by atoms with Crippen LogP contribution in [0.5, 0.6) is 5.75 Å². The number of rotatable bonds is 5. The Morgan fingerprint density at radius 1 is 1.20 bits per heavy atom. The normalized spacial score (nSPS) is 19.3. The number of hydrogen-bond donors (Lipinski definition) is 2. The van der Waals surface area contributed by atoms with Crippen LogP contribution in [-0.4, -0.2) is 52.5 Å². The summed E-state index contributed by atoms with van der Waals surface area (Å²) in [5, 5.41) is 14.9. The Hall–Kier alpha value is -3.00. The summed E-state index contributed by atoms with van der Waals surface area (Å²) in [6, 6.07) is 7.78. The van der Waals surface area contributed by atoms with Gasteiger partial charge in [0, 0.05) is 24.3 Å². The van der Waals surface area contributed by atoms with E-state index in [9.17, 15) is 9.50 Å². The van der Waals surface area contributed by atoms with Crippen molar-refractivity contribution >= 4 is 28.4 Å². The molecule has 3 heterocycles. The fourth-order valence-corrected chi connectivity index (χ4v) is 3.76. The highest BCUT2D eigenvalue weighted by Crippen LogP contribution is 2.33. The number of alkyl halides is 1. The van der Waals surface area contributed by atoms with Crippen LogP contribution >= 0.6 is 0 Å². The third-order valence-corrected chi connectivity index (χ3v) is 5.43. The first-order valence-corrected chi connectivity index (χ1v) is 10.1. The minimum absolute atomic E-state index is 0.0797. The number of benzene rings is 1. The second-order valence-electron chi connectivity index (χ2n) is 7.81. The van der Waals surface area contributed by atoms with E-state index in [1.165, 1.54) is 5.56 Å². The molecular formula is C22H26FN5O2. The average Bonchev–Trinajstić information content (AvgIpc) is 2.74. The minimum atomic E-state index is -1.30. The van der Waals surface area contributed by atoms with Gasteiger partial charge in [0.2, 0.25) is 5.95 Å². The van der Waals surface area contributed by atoms with Crippen LogP contribution in [0.2, 0.25) is 0 Å². The molecule has 1 fully saturated rings. The Balaban J connectivity index is 1.62. The number of halogens is 1. The zero-order valence-electron chi connectivity index (χ0n) is 17.3. The number of pyridine rings is 1. The summed E-state index contributed by atoms with van der Waals surface area (Å²) in [5.41, 5.74) is 1.21. The van der Waals surface area contributed by atoms with Gasteiger partial charge in [0.15, 0.2) is 0 Å². The quantitative estimate of drug-likeness (QED) is 0.660. The molecule has 1 aliphatic heterocycles. The number of aromatic nitrogens is 3. The largest absolute Gasteiger partial charge is 0.496 e. The second-order valence-corrected chi connectivity index (χ2v) is 7.81. The molecule has 2 N–H and O–H groups in total. The van der Waals surface area contributed by atoms with Gasteiger partial charge in [0.25, 0.3) is 0 Å². The van der Waals surface area contributed by atoms with Crippen molar-refractivity contribution in [1.29, 1.82) is 0 Å². The van der Waals surface area contributed by atoms with E-state index in [0.717, 1.165) is 16.5 Å². The van der Waals surface area contributed by atoms with Gasteiger partial charge < -0.3 is 20.1 Å². The first kappa shape index (κ1) is 20.3. The van der Waals surface area contributed by atoms with E-state index in [1.54, 1.807) is 30.5 Å². The molecule has 0 amide bonds. The Kier molecular flexibility index (Phi) is 5.67. The van der Waals surface area contributed by atoms with Crippen LogP contribution in [0, 0.1) is 0 Å². The monoisotopic (exact) mass is 411 g/mol. The molecule has 0 spiro atoms. The molecule has 2 atom stereocenters. The molecule has 7 nitrogen and oxygen atoms in total. The molecule has 158 valence electrons. The van der Waals surface area contributed by atoms with Gasteiger partial charge in [-0.25, -0.2) is 14.4 Å². The van der Waals surface area contributed by atoms with Crippen molar-refractivity contribution in [3.8, 4) is 5.75 Å². The number of ether oxygens (including phenoxy) is 1. The molecular weight excluding hydrogens is 385 g/mol. The number of methoxy groups -OCH3 is 1. The van der Waals surface area contributed by atoms with Gasteiger partial charge >= 0.3 is 0 Å². The molecule has 1 aliphatic rings. The number of hydrogen-bond acceptors (Lipinski definition) is 7. The Morgan fingerprint density at radius 2 is 2.03 bits per heavy atom. The van der Waals surface area contributed by atoms with Crippen LogP contribution in [-0.2, 0) is 0 Å². The predicted molar refractivity (Wildman–Crippen MR) is 115 cm³/mol. The molecule has 1 aromatic carbocycles. The number of piperidine rings is 1. The maximum atomic E-state index is 13.9. The first-order chi connectivity index (χ1) is 14.5. The van der Waals surface area contributed by atoms with Crippen LogP contribution in [0.1, 0.15) is 31.7 Å². The van der Waals surface area contributed by atoms with E-state index in [-0.39, 0.29) is 6.54 Å². The molecule has 2 aromatic heterocycles. The van der Waals surface area contributed by atoms with E-state index in [2.05, 4.69) is 40.2 Å². The van der Waals surface area contributed by atoms with Crippen molar-refractivity contribution < 1.29 is 14.2 Å². The summed E-state index contributed by atoms with van der Waals surface area (Å²) in [7, 11) is 1.65. The van der Waals surface area contributed by atoms with E-state index >= 15 is 0 Å². The van der Waals surface area contributed by atoms with Crippen LogP contribution in [0.15, 0.2) is 36.7 Å². The number of aliphatic hydroxyl groups excluding tert-OH is 1. The SMILES string of the molecule is COc1ccc(C(C)C)c2cc(Nc3ccnc(N4CCC(O)C(F)C4)n3)ncc12. The summed E-state index contributed by atoms with van der Waals surface area (Å²) in [5.74, 6) is 2.79. The Bertz CT molecular complexity index is 1050. The topological polar surface area (TPSA) is 83.4 Å². The highest BCUT2D eigenvalue weighted by atomic mass is 19.1. The summed E-state index contributed by atoms with van der Waals surface area (Å²) >= 11 is 0. The zero-order chi connectivity index (χ0) is 21.3. The van der Waals surface area contributed by atoms with Crippen molar-refractivity contribution in [2.24, 2.45) is 0 Å². The molecule has 2 unspecified atom stereocenters. The maximum absolute atomic E-state index is 13.9. The number of anilines is 3. The van der Waals surface area contributed by atoms with E-state index in [1.807, 2.05) is 12.1 Å². The van der Waals surface area contributed by atoms with Crippen LogP contribution in [0.25, 0.3) is 10.8 Å². The number of fused-ring (bicyclic) bond motifs is 1. The molecule has 1 saturated heterocycles. The molecule has 0 aliphatic carbocycles. The molecule has 3 aromatic rings. The predicted octanol–water partition coefficient (Wildman–Crippen LogP) is 3.81. The van der Waals surface area contributed by atoms with Crippen molar-refractivity contribution in [3.05, 3.63) is 42.2 Å². The number of nitrogens with zero attached hydrogens (tertiary/aromatic N) is 4. The Labute approximate surface area is 174 Å². The lowest BCUT2D eigenvalue weighted by atomic mass is 9.96. The molecule has 8 heteroatoms. The summed E-state index contributed by atoms with van der Waals surface area (Å²) < 4.78 is 19.4. The highest BCUT2D eigenvalue weighted by Gasteiger charge is 2.28. The first-order valence-electron chi connectivity index (χ1n) is 10.1. The van der Waals surface area contributed by atoms with E-state index in [4.69, 9.17) is 4.74 Å². The van der Waals surface area contributed by atoms with Crippen LogP contribution < -0.4 is 15.0 Å². The summed E-state index contributed by atoms with van der Waals surface area (Å²) in [6.45, 7) is 4.89. The zero-order valence-corrected chi connectivity index (χ0v) is 17.3. The lowest BCUT2D eigenvalue weighted by Crippen LogP contribution is -2.45. The van der Waals surface area contributed by atoms with E-state index in [0.29, 0.717) is 36.5 Å². The van der Waals surface area contributed by atoms with Gasteiger partial charge in [-0.1, -0.05) is 19.9 Å². The van der Waals surface area contributed by atoms with Crippen LogP contribution in [0.4, 0.5) is 22.0 Å². The van der Waals surface area contributed by atoms with Gasteiger partial charge in [0.1, 0.15) is 23.6 Å². The summed E-state index contributed by atoms with van der Waals surface area (Å²) in [4.78, 5) is 15.0. The standard InChI is InChI=1S/C22H26FN5O2/c1-13(2)14-4-5-19(30-3)16-11-25-21(10-15(14)16)26-20-6-8-24-22(27-20)28-9-7-18(29)17(23)12-28/h4-6,8,10-11,13,17-18,29H,7,9,12H2,1-3H3,(H,24,25,26,27). The number of aliphatic hydroxyl groups is 1. The van der Waals surface area contributed by atoms with Gasteiger partial charge in [-0.15, -0.1) is 0 Å². The third kappa shape index (κ3) is 4.00. The molecule has 0 bridgehead atoms. The van der Waals surface area contributed by atoms with Gasteiger partial charge in [0.05, 0.1) is 19.8 Å². The molecule has 4 rings (SSSR count). The van der Waals surface area contributed by atoms with Crippen molar-refractivity contribution in [2.45, 2.75) is 38.5 Å². The van der Waals surface area contributed by atoms with Gasteiger partial charge in [-0.2, -0.15) is 4.98 Å². The Morgan fingerprint density at radius 3 is 2.77 bits per heavy atom.